The first-order valence-electron chi connectivity index (χ1n) is 5.71. The molecule has 1 nitrogen and oxygen atoms in total. The molecule has 2 aliphatic rings. The molecule has 0 amide bonds. The molecule has 2 aliphatic carbocycles. The SMILES string of the molecule is CC1CCC(=C2CCC(N)C2)CC1. The molecule has 2 rings (SSSR count). The second-order valence-electron chi connectivity index (χ2n) is 4.89. The van der Waals surface area contributed by atoms with Gasteiger partial charge < -0.3 is 5.73 Å². The average Bonchev–Trinajstić information content (AvgIpc) is 2.53. The van der Waals surface area contributed by atoms with E-state index in [1.165, 1.54) is 44.9 Å². The Morgan fingerprint density at radius 1 is 1.00 bits per heavy atom. The zero-order valence-corrected chi connectivity index (χ0v) is 8.68. The maximum absolute atomic E-state index is 5.92. The van der Waals surface area contributed by atoms with Crippen molar-refractivity contribution in [1.82, 2.24) is 0 Å². The van der Waals surface area contributed by atoms with Gasteiger partial charge in [-0.2, -0.15) is 0 Å². The van der Waals surface area contributed by atoms with Crippen molar-refractivity contribution < 1.29 is 0 Å². The van der Waals surface area contributed by atoms with Crippen LogP contribution in [-0.2, 0) is 0 Å². The van der Waals surface area contributed by atoms with E-state index in [2.05, 4.69) is 6.92 Å². The van der Waals surface area contributed by atoms with Gasteiger partial charge in [0.1, 0.15) is 0 Å². The molecule has 0 aromatic heterocycles. The third-order valence-corrected chi connectivity index (χ3v) is 3.70. The molecule has 0 aromatic carbocycles. The van der Waals surface area contributed by atoms with Crippen molar-refractivity contribution in [2.24, 2.45) is 11.7 Å². The summed E-state index contributed by atoms with van der Waals surface area (Å²) >= 11 is 0. The highest BCUT2D eigenvalue weighted by molar-refractivity contribution is 5.20. The van der Waals surface area contributed by atoms with Gasteiger partial charge in [0, 0.05) is 6.04 Å². The predicted octanol–water partition coefficient (Wildman–Crippen LogP) is 3.00. The Morgan fingerprint density at radius 3 is 2.15 bits per heavy atom. The van der Waals surface area contributed by atoms with E-state index in [0.717, 1.165) is 5.92 Å². The lowest BCUT2D eigenvalue weighted by atomic mass is 9.84. The minimum Gasteiger partial charge on any atom is -0.327 e. The van der Waals surface area contributed by atoms with Crippen LogP contribution in [0.1, 0.15) is 51.9 Å². The molecule has 1 unspecified atom stereocenters. The van der Waals surface area contributed by atoms with E-state index in [4.69, 9.17) is 5.73 Å². The third kappa shape index (κ3) is 2.14. The van der Waals surface area contributed by atoms with Gasteiger partial charge in [0.25, 0.3) is 0 Å². The second-order valence-corrected chi connectivity index (χ2v) is 4.89. The van der Waals surface area contributed by atoms with Crippen LogP contribution in [0.2, 0.25) is 0 Å². The zero-order chi connectivity index (χ0) is 9.26. The van der Waals surface area contributed by atoms with E-state index < -0.39 is 0 Å². The van der Waals surface area contributed by atoms with Gasteiger partial charge >= 0.3 is 0 Å². The molecule has 2 fully saturated rings. The molecule has 0 aliphatic heterocycles. The van der Waals surface area contributed by atoms with Crippen LogP contribution in [0.15, 0.2) is 11.1 Å². The highest BCUT2D eigenvalue weighted by Crippen LogP contribution is 2.35. The first kappa shape index (κ1) is 9.26. The van der Waals surface area contributed by atoms with E-state index >= 15 is 0 Å². The maximum atomic E-state index is 5.92. The van der Waals surface area contributed by atoms with Crippen LogP contribution in [-0.4, -0.2) is 6.04 Å². The van der Waals surface area contributed by atoms with Gasteiger partial charge in [0.15, 0.2) is 0 Å². The molecule has 2 saturated carbocycles. The minimum atomic E-state index is 0.474. The Kier molecular flexibility index (Phi) is 2.73. The van der Waals surface area contributed by atoms with Crippen LogP contribution in [0, 0.1) is 5.92 Å². The molecule has 13 heavy (non-hydrogen) atoms. The summed E-state index contributed by atoms with van der Waals surface area (Å²) in [5.41, 5.74) is 9.42. The van der Waals surface area contributed by atoms with E-state index in [1.807, 2.05) is 0 Å². The fraction of sp³-hybridized carbons (Fsp3) is 0.833. The topological polar surface area (TPSA) is 26.0 Å². The summed E-state index contributed by atoms with van der Waals surface area (Å²) in [6, 6.07) is 0.474. The molecule has 0 heterocycles. The van der Waals surface area contributed by atoms with Crippen LogP contribution in [0.3, 0.4) is 0 Å². The summed E-state index contributed by atoms with van der Waals surface area (Å²) in [5, 5.41) is 0. The zero-order valence-electron chi connectivity index (χ0n) is 8.68. The van der Waals surface area contributed by atoms with Crippen LogP contribution in [0.25, 0.3) is 0 Å². The normalized spacial score (nSPS) is 35.5. The summed E-state index contributed by atoms with van der Waals surface area (Å²) in [5.74, 6) is 0.958. The molecule has 2 N–H and O–H groups in total. The van der Waals surface area contributed by atoms with Crippen molar-refractivity contribution in [1.29, 1.82) is 0 Å². The summed E-state index contributed by atoms with van der Waals surface area (Å²) in [6.45, 7) is 2.38. The molecule has 0 aromatic rings. The van der Waals surface area contributed by atoms with Crippen molar-refractivity contribution in [2.75, 3.05) is 0 Å². The van der Waals surface area contributed by atoms with Crippen LogP contribution >= 0.6 is 0 Å². The lowest BCUT2D eigenvalue weighted by molar-refractivity contribution is 0.440. The van der Waals surface area contributed by atoms with Crippen LogP contribution in [0.4, 0.5) is 0 Å². The van der Waals surface area contributed by atoms with Gasteiger partial charge in [-0.15, -0.1) is 0 Å². The molecule has 1 heteroatoms. The fourth-order valence-electron chi connectivity index (χ4n) is 2.67. The van der Waals surface area contributed by atoms with Crippen molar-refractivity contribution in [3.8, 4) is 0 Å². The quantitative estimate of drug-likeness (QED) is 0.568. The summed E-state index contributed by atoms with van der Waals surface area (Å²) in [6.07, 6.45) is 9.28. The van der Waals surface area contributed by atoms with Crippen molar-refractivity contribution in [2.45, 2.75) is 57.9 Å². The lowest BCUT2D eigenvalue weighted by Crippen LogP contribution is -2.14. The molecule has 1 atom stereocenters. The lowest BCUT2D eigenvalue weighted by Gasteiger charge is -2.22. The predicted molar refractivity (Wildman–Crippen MR) is 56.5 cm³/mol. The number of hydrogen-bond acceptors (Lipinski definition) is 1. The van der Waals surface area contributed by atoms with E-state index in [-0.39, 0.29) is 0 Å². The molecule has 0 bridgehead atoms. The van der Waals surface area contributed by atoms with Crippen molar-refractivity contribution in [3.05, 3.63) is 11.1 Å². The number of hydrogen-bond donors (Lipinski definition) is 1. The number of rotatable bonds is 0. The van der Waals surface area contributed by atoms with Crippen LogP contribution in [0.5, 0.6) is 0 Å². The van der Waals surface area contributed by atoms with Gasteiger partial charge in [-0.25, -0.2) is 0 Å². The maximum Gasteiger partial charge on any atom is 0.00792 e. The van der Waals surface area contributed by atoms with Gasteiger partial charge in [-0.3, -0.25) is 0 Å². The molecule has 0 spiro atoms. The summed E-state index contributed by atoms with van der Waals surface area (Å²) in [4.78, 5) is 0. The monoisotopic (exact) mass is 179 g/mol. The Bertz CT molecular complexity index is 207. The Hall–Kier alpha value is -0.300. The smallest absolute Gasteiger partial charge is 0.00792 e. The minimum absolute atomic E-state index is 0.474. The Balaban J connectivity index is 1.99. The van der Waals surface area contributed by atoms with Gasteiger partial charge in [-0.05, 0) is 50.9 Å². The average molecular weight is 179 g/mol. The second kappa shape index (κ2) is 3.83. The molecule has 0 saturated heterocycles. The standard InChI is InChI=1S/C12H21N/c1-9-2-4-10(5-3-9)11-6-7-12(13)8-11/h9,12H,2-8,13H2,1H3. The fourth-order valence-corrected chi connectivity index (χ4v) is 2.67. The van der Waals surface area contributed by atoms with Crippen molar-refractivity contribution >= 4 is 0 Å². The number of allylic oxidation sites excluding steroid dienone is 1. The summed E-state index contributed by atoms with van der Waals surface area (Å²) < 4.78 is 0. The largest absolute Gasteiger partial charge is 0.327 e. The van der Waals surface area contributed by atoms with Gasteiger partial charge in [0.2, 0.25) is 0 Å². The molecule has 0 radical (unpaired) electrons. The molecule has 74 valence electrons. The Labute approximate surface area is 81.4 Å². The summed E-state index contributed by atoms with van der Waals surface area (Å²) in [7, 11) is 0. The van der Waals surface area contributed by atoms with E-state index in [0.29, 0.717) is 6.04 Å². The first-order valence-corrected chi connectivity index (χ1v) is 5.71. The highest BCUT2D eigenvalue weighted by atomic mass is 14.6. The van der Waals surface area contributed by atoms with Gasteiger partial charge in [-0.1, -0.05) is 18.1 Å². The Morgan fingerprint density at radius 2 is 1.62 bits per heavy atom. The molecular weight excluding hydrogens is 158 g/mol. The third-order valence-electron chi connectivity index (χ3n) is 3.70. The van der Waals surface area contributed by atoms with E-state index in [1.54, 1.807) is 11.1 Å². The van der Waals surface area contributed by atoms with Crippen LogP contribution < -0.4 is 5.73 Å². The van der Waals surface area contributed by atoms with E-state index in [9.17, 15) is 0 Å². The highest BCUT2D eigenvalue weighted by Gasteiger charge is 2.21. The molecular formula is C12H21N. The first-order chi connectivity index (χ1) is 6.25. The van der Waals surface area contributed by atoms with Gasteiger partial charge in [0.05, 0.1) is 0 Å². The van der Waals surface area contributed by atoms with Crippen molar-refractivity contribution in [3.63, 3.8) is 0 Å². The number of nitrogens with two attached hydrogens (primary N) is 1.